The molecule has 0 amide bonds. The van der Waals surface area contributed by atoms with E-state index in [0.717, 1.165) is 5.56 Å². The number of phenolic OH excluding ortho intramolecular Hbond substituents is 1. The number of methoxy groups -OCH3 is 1. The molecule has 1 aromatic rings. The second kappa shape index (κ2) is 4.81. The van der Waals surface area contributed by atoms with Crippen molar-refractivity contribution in [3.63, 3.8) is 0 Å². The molecule has 0 saturated carbocycles. The number of aliphatic hydroxyl groups excluding tert-OH is 1. The number of hydrogen-bond acceptors (Lipinski definition) is 4. The molecule has 14 heavy (non-hydrogen) atoms. The van der Waals surface area contributed by atoms with E-state index >= 15 is 0 Å². The summed E-state index contributed by atoms with van der Waals surface area (Å²) in [5, 5.41) is 18.4. The van der Waals surface area contributed by atoms with Crippen molar-refractivity contribution in [1.29, 1.82) is 0 Å². The van der Waals surface area contributed by atoms with Gasteiger partial charge in [0.05, 0.1) is 23.3 Å². The predicted molar refractivity (Wildman–Crippen MR) is 61.4 cm³/mol. The van der Waals surface area contributed by atoms with Crippen molar-refractivity contribution in [1.82, 2.24) is 0 Å². The van der Waals surface area contributed by atoms with Crippen LogP contribution in [0.25, 0.3) is 0 Å². The smallest absolute Gasteiger partial charge is 0.171 e. The largest absolute Gasteiger partial charge is 0.504 e. The van der Waals surface area contributed by atoms with Crippen LogP contribution in [0.5, 0.6) is 11.5 Å². The minimum absolute atomic E-state index is 0.0991. The zero-order valence-electron chi connectivity index (χ0n) is 7.70. The number of aliphatic hydroxyl groups is 1. The molecule has 0 aliphatic carbocycles. The highest BCUT2D eigenvalue weighted by Gasteiger charge is 2.12. The van der Waals surface area contributed by atoms with Gasteiger partial charge in [0.15, 0.2) is 11.5 Å². The van der Waals surface area contributed by atoms with Gasteiger partial charge in [-0.2, -0.15) is 0 Å². The van der Waals surface area contributed by atoms with Crippen LogP contribution in [0.2, 0.25) is 0 Å². The van der Waals surface area contributed by atoms with Gasteiger partial charge in [0.2, 0.25) is 0 Å². The Kier molecular flexibility index (Phi) is 3.97. The molecule has 0 aliphatic rings. The first kappa shape index (κ1) is 11.5. The minimum Gasteiger partial charge on any atom is -0.504 e. The highest BCUT2D eigenvalue weighted by molar-refractivity contribution is 14.1. The second-order valence-electron chi connectivity index (χ2n) is 2.84. The summed E-state index contributed by atoms with van der Waals surface area (Å²) in [6.07, 6.45) is 0. The molecule has 0 bridgehead atoms. The van der Waals surface area contributed by atoms with Crippen molar-refractivity contribution in [3.8, 4) is 11.5 Å². The van der Waals surface area contributed by atoms with E-state index in [4.69, 9.17) is 15.6 Å². The summed E-state index contributed by atoms with van der Waals surface area (Å²) in [5.41, 5.74) is 6.39. The molecular weight excluding hydrogens is 297 g/mol. The van der Waals surface area contributed by atoms with Crippen LogP contribution in [0.3, 0.4) is 0 Å². The molecule has 1 aromatic carbocycles. The van der Waals surface area contributed by atoms with Crippen LogP contribution >= 0.6 is 22.6 Å². The highest BCUT2D eigenvalue weighted by Crippen LogP contribution is 2.33. The molecule has 4 N–H and O–H groups in total. The number of benzene rings is 1. The number of halogens is 1. The van der Waals surface area contributed by atoms with Crippen molar-refractivity contribution in [2.75, 3.05) is 13.7 Å². The van der Waals surface area contributed by atoms with E-state index in [0.29, 0.717) is 9.32 Å². The molecular formula is C9H12INO3. The Labute approximate surface area is 95.8 Å². The maximum Gasteiger partial charge on any atom is 0.171 e. The summed E-state index contributed by atoms with van der Waals surface area (Å²) in [7, 11) is 1.47. The van der Waals surface area contributed by atoms with Gasteiger partial charge in [-0.1, -0.05) is 0 Å². The third kappa shape index (κ3) is 2.28. The van der Waals surface area contributed by atoms with Crippen LogP contribution in [0.1, 0.15) is 11.6 Å². The van der Waals surface area contributed by atoms with Crippen molar-refractivity contribution in [3.05, 3.63) is 21.3 Å². The van der Waals surface area contributed by atoms with E-state index in [2.05, 4.69) is 0 Å². The Hall–Kier alpha value is -0.530. The average Bonchev–Trinajstić information content (AvgIpc) is 2.20. The van der Waals surface area contributed by atoms with Gasteiger partial charge in [-0.25, -0.2) is 0 Å². The maximum atomic E-state index is 9.54. The third-order valence-corrected chi connectivity index (χ3v) is 2.72. The fourth-order valence-electron chi connectivity index (χ4n) is 1.07. The van der Waals surface area contributed by atoms with E-state index in [9.17, 15) is 5.11 Å². The molecule has 0 fully saturated rings. The molecule has 1 rings (SSSR count). The summed E-state index contributed by atoms with van der Waals surface area (Å²) in [6.45, 7) is -0.135. The molecule has 4 nitrogen and oxygen atoms in total. The number of phenols is 1. The van der Waals surface area contributed by atoms with Gasteiger partial charge in [-0.15, -0.1) is 0 Å². The highest BCUT2D eigenvalue weighted by atomic mass is 127. The summed E-state index contributed by atoms with van der Waals surface area (Å²) >= 11 is 1.98. The zero-order chi connectivity index (χ0) is 10.7. The quantitative estimate of drug-likeness (QED) is 0.728. The fourth-order valence-corrected chi connectivity index (χ4v) is 1.69. The molecule has 0 radical (unpaired) electrons. The SMILES string of the molecule is COc1cc([C@@H](N)CO)cc(I)c1O. The lowest BCUT2D eigenvalue weighted by Crippen LogP contribution is -2.14. The lowest BCUT2D eigenvalue weighted by Gasteiger charge is -2.12. The van der Waals surface area contributed by atoms with Crippen molar-refractivity contribution < 1.29 is 14.9 Å². The first-order valence-electron chi connectivity index (χ1n) is 4.03. The second-order valence-corrected chi connectivity index (χ2v) is 4.00. The number of nitrogens with two attached hydrogens (primary N) is 1. The van der Waals surface area contributed by atoms with Crippen LogP contribution < -0.4 is 10.5 Å². The van der Waals surface area contributed by atoms with Gasteiger partial charge in [0.25, 0.3) is 0 Å². The van der Waals surface area contributed by atoms with E-state index in [-0.39, 0.29) is 12.4 Å². The molecule has 5 heteroatoms. The Balaban J connectivity index is 3.16. The summed E-state index contributed by atoms with van der Waals surface area (Å²) in [4.78, 5) is 0. The van der Waals surface area contributed by atoms with Gasteiger partial charge in [-0.05, 0) is 40.3 Å². The topological polar surface area (TPSA) is 75.7 Å². The lowest BCUT2D eigenvalue weighted by atomic mass is 10.1. The lowest BCUT2D eigenvalue weighted by molar-refractivity contribution is 0.267. The molecule has 0 heterocycles. The third-order valence-electron chi connectivity index (χ3n) is 1.90. The number of hydrogen-bond donors (Lipinski definition) is 3. The summed E-state index contributed by atoms with van der Waals surface area (Å²) < 4.78 is 5.62. The van der Waals surface area contributed by atoms with Crippen LogP contribution in [-0.4, -0.2) is 23.9 Å². The Morgan fingerprint density at radius 1 is 1.57 bits per heavy atom. The van der Waals surface area contributed by atoms with Gasteiger partial charge in [0, 0.05) is 0 Å². The first-order chi connectivity index (χ1) is 6.60. The molecule has 0 aromatic heterocycles. The number of aromatic hydroxyl groups is 1. The summed E-state index contributed by atoms with van der Waals surface area (Å²) in [6, 6.07) is 2.90. The standard InChI is InChI=1S/C9H12INO3/c1-14-8-3-5(7(11)4-12)2-6(10)9(8)13/h2-3,7,12-13H,4,11H2,1H3/t7-/m0/s1. The van der Waals surface area contributed by atoms with E-state index in [1.807, 2.05) is 22.6 Å². The maximum absolute atomic E-state index is 9.54. The number of ether oxygens (including phenoxy) is 1. The normalized spacial score (nSPS) is 12.6. The zero-order valence-corrected chi connectivity index (χ0v) is 9.85. The van der Waals surface area contributed by atoms with Crippen LogP contribution in [0, 0.1) is 3.57 Å². The molecule has 78 valence electrons. The van der Waals surface area contributed by atoms with Crippen molar-refractivity contribution >= 4 is 22.6 Å². The number of rotatable bonds is 3. The van der Waals surface area contributed by atoms with E-state index < -0.39 is 6.04 Å². The molecule has 0 spiro atoms. The van der Waals surface area contributed by atoms with Gasteiger partial charge in [0.1, 0.15) is 0 Å². The van der Waals surface area contributed by atoms with Gasteiger partial charge >= 0.3 is 0 Å². The van der Waals surface area contributed by atoms with Crippen LogP contribution in [0.15, 0.2) is 12.1 Å². The van der Waals surface area contributed by atoms with Gasteiger partial charge in [-0.3, -0.25) is 0 Å². The first-order valence-corrected chi connectivity index (χ1v) is 5.10. The van der Waals surface area contributed by atoms with Crippen molar-refractivity contribution in [2.24, 2.45) is 5.73 Å². The predicted octanol–water partition coefficient (Wildman–Crippen LogP) is 0.997. The van der Waals surface area contributed by atoms with E-state index in [1.165, 1.54) is 7.11 Å². The Morgan fingerprint density at radius 2 is 2.21 bits per heavy atom. The molecule has 0 aliphatic heterocycles. The molecule has 1 atom stereocenters. The Morgan fingerprint density at radius 3 is 2.71 bits per heavy atom. The van der Waals surface area contributed by atoms with Crippen molar-refractivity contribution in [2.45, 2.75) is 6.04 Å². The minimum atomic E-state index is -0.446. The monoisotopic (exact) mass is 309 g/mol. The van der Waals surface area contributed by atoms with Crippen LogP contribution in [-0.2, 0) is 0 Å². The van der Waals surface area contributed by atoms with E-state index in [1.54, 1.807) is 12.1 Å². The molecule has 0 unspecified atom stereocenters. The van der Waals surface area contributed by atoms with Gasteiger partial charge < -0.3 is 20.7 Å². The summed E-state index contributed by atoms with van der Waals surface area (Å²) in [5.74, 6) is 0.470. The molecule has 0 saturated heterocycles. The Bertz CT molecular complexity index is 330. The average molecular weight is 309 g/mol. The fraction of sp³-hybridized carbons (Fsp3) is 0.333. The van der Waals surface area contributed by atoms with Crippen LogP contribution in [0.4, 0.5) is 0 Å².